The Kier molecular flexibility index (Phi) is 4.75. The van der Waals surface area contributed by atoms with Crippen molar-refractivity contribution in [2.75, 3.05) is 11.9 Å². The van der Waals surface area contributed by atoms with Gasteiger partial charge in [-0.3, -0.25) is 0 Å². The molecule has 1 rings (SSSR count). The maximum Gasteiger partial charge on any atom is 0.171 e. The number of anilines is 1. The van der Waals surface area contributed by atoms with Crippen LogP contribution in [0.25, 0.3) is 0 Å². The fraction of sp³-hybridized carbons (Fsp3) is 0.500. The highest BCUT2D eigenvalue weighted by Crippen LogP contribution is 2.14. The molecule has 5 heteroatoms. The fourth-order valence-electron chi connectivity index (χ4n) is 1.64. The molecule has 0 radical (unpaired) electrons. The largest absolute Gasteiger partial charge is 0.409 e. The third kappa shape index (κ3) is 3.34. The molecular weight excluding hydrogens is 216 g/mol. The summed E-state index contributed by atoms with van der Waals surface area (Å²) in [5.74, 6) is 0.966. The molecule has 0 aliphatic heterocycles. The second-order valence-corrected chi connectivity index (χ2v) is 4.14. The molecule has 0 spiro atoms. The minimum Gasteiger partial charge on any atom is -0.409 e. The maximum atomic E-state index is 8.55. The van der Waals surface area contributed by atoms with Crippen LogP contribution in [-0.4, -0.2) is 29.1 Å². The van der Waals surface area contributed by atoms with Crippen molar-refractivity contribution in [1.82, 2.24) is 4.98 Å². The lowest BCUT2D eigenvalue weighted by molar-refractivity contribution is 0.318. The zero-order valence-electron chi connectivity index (χ0n) is 10.6. The van der Waals surface area contributed by atoms with Crippen molar-refractivity contribution in [3.05, 3.63) is 23.9 Å². The summed E-state index contributed by atoms with van der Waals surface area (Å²) >= 11 is 0. The summed E-state index contributed by atoms with van der Waals surface area (Å²) in [6, 6.07) is 4.12. The van der Waals surface area contributed by atoms with E-state index in [9.17, 15) is 0 Å². The Morgan fingerprint density at radius 3 is 2.76 bits per heavy atom. The van der Waals surface area contributed by atoms with Crippen molar-refractivity contribution in [2.45, 2.75) is 32.7 Å². The molecule has 1 unspecified atom stereocenters. The van der Waals surface area contributed by atoms with Gasteiger partial charge in [-0.1, -0.05) is 18.5 Å². The lowest BCUT2D eigenvalue weighted by Crippen LogP contribution is -2.29. The first kappa shape index (κ1) is 13.3. The van der Waals surface area contributed by atoms with Crippen molar-refractivity contribution < 1.29 is 5.21 Å². The van der Waals surface area contributed by atoms with Gasteiger partial charge in [0.15, 0.2) is 5.84 Å². The number of oxime groups is 1. The van der Waals surface area contributed by atoms with Gasteiger partial charge in [0.25, 0.3) is 0 Å². The van der Waals surface area contributed by atoms with E-state index < -0.39 is 0 Å². The summed E-state index contributed by atoms with van der Waals surface area (Å²) < 4.78 is 0. The first-order valence-corrected chi connectivity index (χ1v) is 5.77. The lowest BCUT2D eigenvalue weighted by Gasteiger charge is -2.25. The van der Waals surface area contributed by atoms with E-state index in [0.29, 0.717) is 11.6 Å². The van der Waals surface area contributed by atoms with Crippen LogP contribution >= 0.6 is 0 Å². The molecule has 0 fully saturated rings. The van der Waals surface area contributed by atoms with E-state index in [2.05, 4.69) is 28.9 Å². The zero-order valence-corrected chi connectivity index (χ0v) is 10.6. The number of hydrogen-bond acceptors (Lipinski definition) is 4. The van der Waals surface area contributed by atoms with Gasteiger partial charge in [-0.05, 0) is 25.5 Å². The molecule has 0 saturated carbocycles. The minimum absolute atomic E-state index is 0.0771. The Morgan fingerprint density at radius 1 is 1.59 bits per heavy atom. The molecule has 5 nitrogen and oxygen atoms in total. The van der Waals surface area contributed by atoms with E-state index in [4.69, 9.17) is 10.9 Å². The van der Waals surface area contributed by atoms with E-state index in [1.807, 2.05) is 13.1 Å². The Bertz CT molecular complexity index is 375. The number of hydrogen-bond donors (Lipinski definition) is 2. The summed E-state index contributed by atoms with van der Waals surface area (Å²) in [7, 11) is 2.02. The van der Waals surface area contributed by atoms with Crippen LogP contribution in [0.2, 0.25) is 0 Å². The number of rotatable bonds is 5. The summed E-state index contributed by atoms with van der Waals surface area (Å²) in [6.07, 6.45) is 3.88. The van der Waals surface area contributed by atoms with E-state index in [1.165, 1.54) is 0 Å². The topological polar surface area (TPSA) is 74.7 Å². The molecule has 3 N–H and O–H groups in total. The average molecular weight is 236 g/mol. The molecule has 0 amide bonds. The van der Waals surface area contributed by atoms with E-state index in [-0.39, 0.29) is 5.84 Å². The number of nitrogens with zero attached hydrogens (tertiary/aromatic N) is 3. The van der Waals surface area contributed by atoms with E-state index in [0.717, 1.165) is 18.7 Å². The van der Waals surface area contributed by atoms with Crippen LogP contribution in [0, 0.1) is 0 Å². The van der Waals surface area contributed by atoms with Crippen LogP contribution < -0.4 is 10.6 Å². The van der Waals surface area contributed by atoms with Gasteiger partial charge in [0.2, 0.25) is 0 Å². The molecule has 1 atom stereocenters. The fourth-order valence-corrected chi connectivity index (χ4v) is 1.64. The van der Waals surface area contributed by atoms with Crippen LogP contribution in [0.15, 0.2) is 23.5 Å². The molecule has 0 aromatic carbocycles. The molecule has 1 aromatic rings. The Hall–Kier alpha value is -1.78. The maximum absolute atomic E-state index is 8.55. The first-order chi connectivity index (χ1) is 8.10. The number of amidine groups is 1. The first-order valence-electron chi connectivity index (χ1n) is 5.77. The normalized spacial score (nSPS) is 13.5. The zero-order chi connectivity index (χ0) is 12.8. The summed E-state index contributed by atoms with van der Waals surface area (Å²) in [5.41, 5.74) is 6.09. The van der Waals surface area contributed by atoms with Crippen molar-refractivity contribution in [2.24, 2.45) is 10.9 Å². The molecule has 0 saturated heterocycles. The van der Waals surface area contributed by atoms with Gasteiger partial charge < -0.3 is 15.8 Å². The SMILES string of the molecule is CCCC(C)N(C)c1ccc(/C(N)=N/O)cn1. The van der Waals surface area contributed by atoms with Crippen molar-refractivity contribution in [1.29, 1.82) is 0 Å². The van der Waals surface area contributed by atoms with Crippen molar-refractivity contribution >= 4 is 11.7 Å². The Labute approximate surface area is 102 Å². The predicted octanol–water partition coefficient (Wildman–Crippen LogP) is 1.80. The van der Waals surface area contributed by atoms with Crippen LogP contribution in [0.1, 0.15) is 32.3 Å². The van der Waals surface area contributed by atoms with Gasteiger partial charge in [-0.2, -0.15) is 0 Å². The molecule has 0 aliphatic rings. The predicted molar refractivity (Wildman–Crippen MR) is 69.5 cm³/mol. The van der Waals surface area contributed by atoms with E-state index >= 15 is 0 Å². The monoisotopic (exact) mass is 236 g/mol. The highest BCUT2D eigenvalue weighted by molar-refractivity contribution is 5.96. The number of pyridine rings is 1. The molecule has 1 aromatic heterocycles. The minimum atomic E-state index is 0.0771. The molecule has 17 heavy (non-hydrogen) atoms. The van der Waals surface area contributed by atoms with Gasteiger partial charge in [-0.15, -0.1) is 0 Å². The molecule has 0 aliphatic carbocycles. The van der Waals surface area contributed by atoms with Gasteiger partial charge in [0.1, 0.15) is 5.82 Å². The van der Waals surface area contributed by atoms with Crippen LogP contribution in [0.5, 0.6) is 0 Å². The molecule has 94 valence electrons. The Balaban J connectivity index is 2.80. The standard InChI is InChI=1S/C12H20N4O/c1-4-5-9(2)16(3)11-7-6-10(8-14-11)12(13)15-17/h6-9,17H,4-5H2,1-3H3,(H2,13,15). The second-order valence-electron chi connectivity index (χ2n) is 4.14. The van der Waals surface area contributed by atoms with Crippen molar-refractivity contribution in [3.8, 4) is 0 Å². The molecule has 1 heterocycles. The average Bonchev–Trinajstić information content (AvgIpc) is 2.37. The number of aromatic nitrogens is 1. The van der Waals surface area contributed by atoms with Gasteiger partial charge in [-0.25, -0.2) is 4.98 Å². The lowest BCUT2D eigenvalue weighted by atomic mass is 10.1. The van der Waals surface area contributed by atoms with Gasteiger partial charge >= 0.3 is 0 Å². The molecular formula is C12H20N4O. The summed E-state index contributed by atoms with van der Waals surface area (Å²) in [4.78, 5) is 6.43. The smallest absolute Gasteiger partial charge is 0.171 e. The van der Waals surface area contributed by atoms with E-state index in [1.54, 1.807) is 12.3 Å². The quantitative estimate of drug-likeness (QED) is 0.354. The number of nitrogens with two attached hydrogens (primary N) is 1. The van der Waals surface area contributed by atoms with Crippen LogP contribution in [-0.2, 0) is 0 Å². The third-order valence-corrected chi connectivity index (χ3v) is 2.88. The van der Waals surface area contributed by atoms with Crippen LogP contribution in [0.4, 0.5) is 5.82 Å². The van der Waals surface area contributed by atoms with Gasteiger partial charge in [0, 0.05) is 24.8 Å². The second kappa shape index (κ2) is 6.08. The third-order valence-electron chi connectivity index (χ3n) is 2.88. The highest BCUT2D eigenvalue weighted by atomic mass is 16.4. The summed E-state index contributed by atoms with van der Waals surface area (Å²) in [5, 5.41) is 11.5. The van der Waals surface area contributed by atoms with Crippen LogP contribution in [0.3, 0.4) is 0 Å². The summed E-state index contributed by atoms with van der Waals surface area (Å²) in [6.45, 7) is 4.34. The van der Waals surface area contributed by atoms with Crippen molar-refractivity contribution in [3.63, 3.8) is 0 Å². The highest BCUT2D eigenvalue weighted by Gasteiger charge is 2.10. The molecule has 0 bridgehead atoms. The Morgan fingerprint density at radius 2 is 2.29 bits per heavy atom. The van der Waals surface area contributed by atoms with Gasteiger partial charge in [0.05, 0.1) is 0 Å².